The number of fused-ring (bicyclic) bond motifs is 1. The van der Waals surface area contributed by atoms with Gasteiger partial charge < -0.3 is 20.5 Å². The fourth-order valence-corrected chi connectivity index (χ4v) is 1.82. The van der Waals surface area contributed by atoms with Crippen LogP contribution in [0.15, 0.2) is 30.5 Å². The summed E-state index contributed by atoms with van der Waals surface area (Å²) < 4.78 is 10.6. The zero-order valence-electron chi connectivity index (χ0n) is 12.6. The minimum Gasteiger partial charge on any atom is -0.486 e. The third-order valence-electron chi connectivity index (χ3n) is 3.12. The summed E-state index contributed by atoms with van der Waals surface area (Å²) in [6, 6.07) is 7.00. The first kappa shape index (κ1) is 15.6. The molecule has 1 aliphatic rings. The Morgan fingerprint density at radius 2 is 1.95 bits per heavy atom. The summed E-state index contributed by atoms with van der Waals surface area (Å²) in [5.74, 6) is 1.37. The Kier molecular flexibility index (Phi) is 5.19. The van der Waals surface area contributed by atoms with Crippen molar-refractivity contribution < 1.29 is 14.3 Å². The van der Waals surface area contributed by atoms with Crippen LogP contribution >= 0.6 is 0 Å². The average Bonchev–Trinajstić information content (AvgIpc) is 2.57. The lowest BCUT2D eigenvalue weighted by molar-refractivity contribution is 0.112. The largest absolute Gasteiger partial charge is 0.486 e. The van der Waals surface area contributed by atoms with Gasteiger partial charge in [-0.05, 0) is 31.2 Å². The van der Waals surface area contributed by atoms with Gasteiger partial charge in [0.2, 0.25) is 0 Å². The van der Waals surface area contributed by atoms with E-state index in [-0.39, 0.29) is 0 Å². The normalized spacial score (nSPS) is 11.9. The lowest BCUT2D eigenvalue weighted by Crippen LogP contribution is -2.15. The molecule has 22 heavy (non-hydrogen) atoms. The molecule has 3 rings (SSSR count). The van der Waals surface area contributed by atoms with Gasteiger partial charge in [0.25, 0.3) is 0 Å². The molecule has 0 radical (unpaired) electrons. The number of ether oxygens (including phenoxy) is 2. The van der Waals surface area contributed by atoms with Crippen molar-refractivity contribution in [3.8, 4) is 11.5 Å². The van der Waals surface area contributed by atoms with E-state index in [1.165, 1.54) is 0 Å². The van der Waals surface area contributed by atoms with Crippen LogP contribution in [0.4, 0.5) is 11.4 Å². The SMILES string of the molecule is CNc1cnc(C)c(N)c1.O=Cc1ccc2c(c1)OCCO2. The van der Waals surface area contributed by atoms with E-state index in [2.05, 4.69) is 10.3 Å². The van der Waals surface area contributed by atoms with Crippen molar-refractivity contribution in [2.45, 2.75) is 6.92 Å². The number of benzene rings is 1. The molecule has 1 aromatic heterocycles. The Bertz CT molecular complexity index is 659. The number of aldehydes is 1. The summed E-state index contributed by atoms with van der Waals surface area (Å²) in [5.41, 5.74) is 8.75. The van der Waals surface area contributed by atoms with Crippen molar-refractivity contribution in [2.75, 3.05) is 31.3 Å². The van der Waals surface area contributed by atoms with E-state index < -0.39 is 0 Å². The van der Waals surface area contributed by atoms with E-state index in [4.69, 9.17) is 15.2 Å². The number of carbonyl (C=O) groups excluding carboxylic acids is 1. The molecule has 0 fully saturated rings. The number of aromatic nitrogens is 1. The highest BCUT2D eigenvalue weighted by atomic mass is 16.6. The summed E-state index contributed by atoms with van der Waals surface area (Å²) in [7, 11) is 1.84. The van der Waals surface area contributed by atoms with Crippen LogP contribution in [0.25, 0.3) is 0 Å². The Labute approximate surface area is 129 Å². The van der Waals surface area contributed by atoms with Crippen LogP contribution in [0.2, 0.25) is 0 Å². The molecule has 2 heterocycles. The van der Waals surface area contributed by atoms with Gasteiger partial charge in [0.15, 0.2) is 11.5 Å². The molecule has 1 aliphatic heterocycles. The smallest absolute Gasteiger partial charge is 0.162 e. The number of aryl methyl sites for hydroxylation is 1. The topological polar surface area (TPSA) is 86.5 Å². The number of hydrogen-bond donors (Lipinski definition) is 2. The summed E-state index contributed by atoms with van der Waals surface area (Å²) >= 11 is 0. The highest BCUT2D eigenvalue weighted by Crippen LogP contribution is 2.30. The predicted molar refractivity (Wildman–Crippen MR) is 85.8 cm³/mol. The molecule has 0 saturated heterocycles. The van der Waals surface area contributed by atoms with Crippen molar-refractivity contribution in [2.24, 2.45) is 0 Å². The second kappa shape index (κ2) is 7.31. The molecule has 2 aromatic rings. The quantitative estimate of drug-likeness (QED) is 0.828. The lowest BCUT2D eigenvalue weighted by Gasteiger charge is -2.17. The van der Waals surface area contributed by atoms with E-state index in [9.17, 15) is 4.79 Å². The third-order valence-corrected chi connectivity index (χ3v) is 3.12. The molecule has 0 atom stereocenters. The van der Waals surface area contributed by atoms with Crippen molar-refractivity contribution in [1.82, 2.24) is 4.98 Å². The first-order chi connectivity index (χ1) is 10.6. The molecule has 1 aromatic carbocycles. The van der Waals surface area contributed by atoms with Crippen LogP contribution in [-0.2, 0) is 0 Å². The molecule has 0 saturated carbocycles. The second-order valence-corrected chi connectivity index (χ2v) is 4.67. The number of hydrogen-bond acceptors (Lipinski definition) is 6. The minimum atomic E-state index is 0.551. The monoisotopic (exact) mass is 301 g/mol. The van der Waals surface area contributed by atoms with Gasteiger partial charge in [-0.1, -0.05) is 0 Å². The first-order valence-electron chi connectivity index (χ1n) is 6.88. The molecule has 0 unspecified atom stereocenters. The number of carbonyl (C=O) groups is 1. The fraction of sp³-hybridized carbons (Fsp3) is 0.250. The van der Waals surface area contributed by atoms with Gasteiger partial charge >= 0.3 is 0 Å². The van der Waals surface area contributed by atoms with Crippen LogP contribution in [0.3, 0.4) is 0 Å². The summed E-state index contributed by atoms with van der Waals surface area (Å²) in [6.07, 6.45) is 2.55. The van der Waals surface area contributed by atoms with Crippen molar-refractivity contribution in [3.63, 3.8) is 0 Å². The first-order valence-corrected chi connectivity index (χ1v) is 6.88. The molecular formula is C16H19N3O3. The van der Waals surface area contributed by atoms with Gasteiger partial charge in [0.05, 0.1) is 23.3 Å². The van der Waals surface area contributed by atoms with Gasteiger partial charge in [0, 0.05) is 12.6 Å². The maximum Gasteiger partial charge on any atom is 0.162 e. The summed E-state index contributed by atoms with van der Waals surface area (Å²) in [5, 5.41) is 2.95. The Hall–Kier alpha value is -2.76. The summed E-state index contributed by atoms with van der Waals surface area (Å²) in [4.78, 5) is 14.5. The standard InChI is InChI=1S/C9H8O3.C7H11N3/c10-6-7-1-2-8-9(5-7)12-4-3-11-8;1-5-7(8)3-6(9-2)4-10-5/h1-2,5-6H,3-4H2;3-4,9H,8H2,1-2H3. The molecule has 3 N–H and O–H groups in total. The number of nitrogens with zero attached hydrogens (tertiary/aromatic N) is 1. The van der Waals surface area contributed by atoms with Gasteiger partial charge in [-0.15, -0.1) is 0 Å². The van der Waals surface area contributed by atoms with Crippen molar-refractivity contribution >= 4 is 17.7 Å². The molecule has 0 bridgehead atoms. The van der Waals surface area contributed by atoms with Crippen molar-refractivity contribution in [1.29, 1.82) is 0 Å². The van der Waals surface area contributed by atoms with E-state index in [0.29, 0.717) is 30.3 Å². The highest BCUT2D eigenvalue weighted by Gasteiger charge is 2.10. The molecule has 0 aliphatic carbocycles. The highest BCUT2D eigenvalue weighted by molar-refractivity contribution is 5.76. The molecule has 6 heteroatoms. The Morgan fingerprint density at radius 3 is 2.59 bits per heavy atom. The third kappa shape index (κ3) is 3.88. The average molecular weight is 301 g/mol. The van der Waals surface area contributed by atoms with Gasteiger partial charge in [0.1, 0.15) is 19.5 Å². The number of anilines is 2. The lowest BCUT2D eigenvalue weighted by atomic mass is 10.2. The van der Waals surface area contributed by atoms with E-state index in [0.717, 1.165) is 23.4 Å². The number of rotatable bonds is 2. The Balaban J connectivity index is 0.000000164. The summed E-state index contributed by atoms with van der Waals surface area (Å²) in [6.45, 7) is 3.01. The number of nitrogens with one attached hydrogen (secondary N) is 1. The van der Waals surface area contributed by atoms with Gasteiger partial charge in [-0.2, -0.15) is 0 Å². The maximum absolute atomic E-state index is 10.4. The predicted octanol–water partition coefficient (Wildman–Crippen LogP) is 2.28. The molecular weight excluding hydrogens is 282 g/mol. The Morgan fingerprint density at radius 1 is 1.23 bits per heavy atom. The minimum absolute atomic E-state index is 0.551. The molecule has 116 valence electrons. The van der Waals surface area contributed by atoms with E-state index >= 15 is 0 Å². The van der Waals surface area contributed by atoms with Gasteiger partial charge in [-0.25, -0.2) is 0 Å². The van der Waals surface area contributed by atoms with Crippen LogP contribution < -0.4 is 20.5 Å². The number of pyridine rings is 1. The van der Waals surface area contributed by atoms with Crippen LogP contribution in [0, 0.1) is 6.92 Å². The van der Waals surface area contributed by atoms with E-state index in [1.54, 1.807) is 24.4 Å². The van der Waals surface area contributed by atoms with Crippen LogP contribution in [0.5, 0.6) is 11.5 Å². The maximum atomic E-state index is 10.4. The van der Waals surface area contributed by atoms with Crippen LogP contribution in [-0.4, -0.2) is 31.5 Å². The second-order valence-electron chi connectivity index (χ2n) is 4.67. The molecule has 0 amide bonds. The molecule has 0 spiro atoms. The number of nitrogens with two attached hydrogens (primary N) is 1. The van der Waals surface area contributed by atoms with Gasteiger partial charge in [-0.3, -0.25) is 9.78 Å². The zero-order chi connectivity index (χ0) is 15.9. The number of nitrogen functional groups attached to an aromatic ring is 1. The van der Waals surface area contributed by atoms with Crippen LogP contribution in [0.1, 0.15) is 16.1 Å². The van der Waals surface area contributed by atoms with Crippen molar-refractivity contribution in [3.05, 3.63) is 41.7 Å². The fourth-order valence-electron chi connectivity index (χ4n) is 1.82. The molecule has 6 nitrogen and oxygen atoms in total. The zero-order valence-corrected chi connectivity index (χ0v) is 12.6. The van der Waals surface area contributed by atoms with E-state index in [1.807, 2.05) is 20.0 Å².